The van der Waals surface area contributed by atoms with Crippen LogP contribution in [0.5, 0.6) is 17.2 Å². The summed E-state index contributed by atoms with van der Waals surface area (Å²) in [6, 6.07) is 11.2. The van der Waals surface area contributed by atoms with Gasteiger partial charge in [0.1, 0.15) is 18.3 Å². The second kappa shape index (κ2) is 11.9. The van der Waals surface area contributed by atoms with Gasteiger partial charge >= 0.3 is 0 Å². The molecule has 0 unspecified atom stereocenters. The fraction of sp³-hybridized carbons (Fsp3) is 0.481. The minimum atomic E-state index is -3.85. The van der Waals surface area contributed by atoms with E-state index in [9.17, 15) is 18.0 Å². The molecule has 0 saturated heterocycles. The molecule has 2 aromatic rings. The molecule has 11 heteroatoms. The summed E-state index contributed by atoms with van der Waals surface area (Å²) in [5, 5.41) is 3.09. The Kier molecular flexibility index (Phi) is 8.65. The third-order valence-electron chi connectivity index (χ3n) is 6.93. The Morgan fingerprint density at radius 3 is 2.53 bits per heavy atom. The summed E-state index contributed by atoms with van der Waals surface area (Å²) >= 11 is 0. The van der Waals surface area contributed by atoms with Gasteiger partial charge in [-0.15, -0.1) is 0 Å². The summed E-state index contributed by atoms with van der Waals surface area (Å²) in [6.45, 7) is 1.33. The maximum atomic E-state index is 13.8. The summed E-state index contributed by atoms with van der Waals surface area (Å²) in [6.07, 6.45) is 6.14. The van der Waals surface area contributed by atoms with Gasteiger partial charge in [-0.1, -0.05) is 31.4 Å². The topological polar surface area (TPSA) is 114 Å². The van der Waals surface area contributed by atoms with Gasteiger partial charge in [-0.05, 0) is 49.6 Å². The smallest absolute Gasteiger partial charge is 0.244 e. The van der Waals surface area contributed by atoms with Crippen molar-refractivity contribution in [3.05, 3.63) is 48.0 Å². The van der Waals surface area contributed by atoms with E-state index in [2.05, 4.69) is 5.32 Å². The van der Waals surface area contributed by atoms with Gasteiger partial charge in [0.05, 0.1) is 19.1 Å². The van der Waals surface area contributed by atoms with E-state index in [-0.39, 0.29) is 31.0 Å². The first-order valence-electron chi connectivity index (χ1n) is 12.8. The highest BCUT2D eigenvalue weighted by Gasteiger charge is 2.32. The molecular formula is C27H35N3O7S. The fourth-order valence-electron chi connectivity index (χ4n) is 4.77. The molecular weight excluding hydrogens is 510 g/mol. The van der Waals surface area contributed by atoms with Crippen molar-refractivity contribution in [2.24, 2.45) is 0 Å². The molecule has 1 aliphatic heterocycles. The second-order valence-electron chi connectivity index (χ2n) is 9.70. The molecule has 0 bridgehead atoms. The summed E-state index contributed by atoms with van der Waals surface area (Å²) in [4.78, 5) is 28.4. The SMILES string of the molecule is COc1cccc(CN(C(=O)CN(c2ccc3c(c2)OCO3)S(C)(=O)=O)[C@H](C)C(=O)NC2CCCCC2)c1. The number of hydrogen-bond acceptors (Lipinski definition) is 7. The molecule has 0 radical (unpaired) electrons. The van der Waals surface area contributed by atoms with Crippen LogP contribution in [0.2, 0.25) is 0 Å². The number of carbonyl (C=O) groups is 2. The van der Waals surface area contributed by atoms with Gasteiger partial charge < -0.3 is 24.4 Å². The van der Waals surface area contributed by atoms with Crippen molar-refractivity contribution >= 4 is 27.5 Å². The molecule has 2 amide bonds. The lowest BCUT2D eigenvalue weighted by Crippen LogP contribution is -2.52. The minimum absolute atomic E-state index is 0.0402. The van der Waals surface area contributed by atoms with E-state index in [1.54, 1.807) is 44.4 Å². The number of rotatable bonds is 10. The van der Waals surface area contributed by atoms with Crippen molar-refractivity contribution in [3.8, 4) is 17.2 Å². The minimum Gasteiger partial charge on any atom is -0.497 e. The molecule has 1 fully saturated rings. The van der Waals surface area contributed by atoms with Crippen LogP contribution in [0.15, 0.2) is 42.5 Å². The van der Waals surface area contributed by atoms with Crippen molar-refractivity contribution in [2.45, 2.75) is 57.7 Å². The van der Waals surface area contributed by atoms with Crippen LogP contribution >= 0.6 is 0 Å². The number of fused-ring (bicyclic) bond motifs is 1. The lowest BCUT2D eigenvalue weighted by molar-refractivity contribution is -0.139. The largest absolute Gasteiger partial charge is 0.497 e. The number of carbonyl (C=O) groups excluding carboxylic acids is 2. The third kappa shape index (κ3) is 6.69. The molecule has 1 aliphatic carbocycles. The Hall–Kier alpha value is -3.47. The molecule has 206 valence electrons. The molecule has 1 N–H and O–H groups in total. The van der Waals surface area contributed by atoms with Gasteiger partial charge in [0.2, 0.25) is 28.6 Å². The summed E-state index contributed by atoms with van der Waals surface area (Å²) < 4.78 is 42.6. The Morgan fingerprint density at radius 1 is 1.08 bits per heavy atom. The van der Waals surface area contributed by atoms with E-state index in [1.165, 1.54) is 11.0 Å². The Labute approximate surface area is 223 Å². The molecule has 1 atom stereocenters. The molecule has 1 saturated carbocycles. The highest BCUT2D eigenvalue weighted by molar-refractivity contribution is 7.92. The third-order valence-corrected chi connectivity index (χ3v) is 8.07. The lowest BCUT2D eigenvalue weighted by atomic mass is 9.95. The number of methoxy groups -OCH3 is 1. The van der Waals surface area contributed by atoms with Gasteiger partial charge in [-0.3, -0.25) is 13.9 Å². The zero-order valence-electron chi connectivity index (χ0n) is 22.0. The second-order valence-corrected chi connectivity index (χ2v) is 11.6. The number of ether oxygens (including phenoxy) is 3. The Bertz CT molecular complexity index is 1260. The van der Waals surface area contributed by atoms with Crippen molar-refractivity contribution in [1.82, 2.24) is 10.2 Å². The van der Waals surface area contributed by atoms with Gasteiger partial charge in [-0.2, -0.15) is 0 Å². The van der Waals surface area contributed by atoms with E-state index < -0.39 is 28.5 Å². The number of nitrogens with zero attached hydrogens (tertiary/aromatic N) is 2. The van der Waals surface area contributed by atoms with Crippen LogP contribution in [-0.2, 0) is 26.2 Å². The monoisotopic (exact) mass is 545 g/mol. The van der Waals surface area contributed by atoms with Gasteiger partial charge in [0.25, 0.3) is 0 Å². The molecule has 4 rings (SSSR count). The number of benzene rings is 2. The standard InChI is InChI=1S/C27H35N3O7S/c1-19(27(32)28-21-9-5-4-6-10-21)29(16-20-8-7-11-23(14-20)35-2)26(31)17-30(38(3,33)34)22-12-13-24-25(15-22)37-18-36-24/h7-8,11-15,19,21H,4-6,9-10,16-18H2,1-3H3,(H,28,32)/t19-/m1/s1. The van der Waals surface area contributed by atoms with Crippen LogP contribution in [0.3, 0.4) is 0 Å². The highest BCUT2D eigenvalue weighted by atomic mass is 32.2. The van der Waals surface area contributed by atoms with Gasteiger partial charge in [0.15, 0.2) is 11.5 Å². The molecule has 38 heavy (non-hydrogen) atoms. The molecule has 10 nitrogen and oxygen atoms in total. The zero-order valence-corrected chi connectivity index (χ0v) is 22.8. The van der Waals surface area contributed by atoms with Gasteiger partial charge in [0, 0.05) is 18.7 Å². The van der Waals surface area contributed by atoms with Crippen molar-refractivity contribution in [3.63, 3.8) is 0 Å². The van der Waals surface area contributed by atoms with Crippen LogP contribution in [-0.4, -0.2) is 63.9 Å². The molecule has 2 aromatic carbocycles. The van der Waals surface area contributed by atoms with Crippen LogP contribution < -0.4 is 23.8 Å². The van der Waals surface area contributed by atoms with Crippen LogP contribution in [0.25, 0.3) is 0 Å². The average molecular weight is 546 g/mol. The predicted molar refractivity (Wildman–Crippen MR) is 143 cm³/mol. The quantitative estimate of drug-likeness (QED) is 0.488. The summed E-state index contributed by atoms with van der Waals surface area (Å²) in [5.74, 6) is 0.745. The molecule has 1 heterocycles. The highest BCUT2D eigenvalue weighted by Crippen LogP contribution is 2.36. The maximum absolute atomic E-state index is 13.8. The lowest BCUT2D eigenvalue weighted by Gasteiger charge is -2.33. The number of hydrogen-bond donors (Lipinski definition) is 1. The Balaban J connectivity index is 1.59. The molecule has 0 aromatic heterocycles. The number of amides is 2. The first kappa shape index (κ1) is 27.6. The van der Waals surface area contributed by atoms with Crippen molar-refractivity contribution in [2.75, 3.05) is 31.0 Å². The van der Waals surface area contributed by atoms with Crippen LogP contribution in [0, 0.1) is 0 Å². The number of anilines is 1. The zero-order chi connectivity index (χ0) is 27.3. The predicted octanol–water partition coefficient (Wildman–Crippen LogP) is 3.06. The summed E-state index contributed by atoms with van der Waals surface area (Å²) in [7, 11) is -2.29. The molecule has 2 aliphatic rings. The van der Waals surface area contributed by atoms with E-state index in [0.717, 1.165) is 48.2 Å². The van der Waals surface area contributed by atoms with Crippen molar-refractivity contribution in [1.29, 1.82) is 0 Å². The van der Waals surface area contributed by atoms with Crippen LogP contribution in [0.1, 0.15) is 44.6 Å². The first-order valence-corrected chi connectivity index (χ1v) is 14.6. The fourth-order valence-corrected chi connectivity index (χ4v) is 5.61. The Morgan fingerprint density at radius 2 is 1.82 bits per heavy atom. The van der Waals surface area contributed by atoms with Crippen LogP contribution in [0.4, 0.5) is 5.69 Å². The van der Waals surface area contributed by atoms with Gasteiger partial charge in [-0.25, -0.2) is 8.42 Å². The normalized spacial score (nSPS) is 16.0. The number of sulfonamides is 1. The van der Waals surface area contributed by atoms with E-state index >= 15 is 0 Å². The van der Waals surface area contributed by atoms with E-state index in [0.29, 0.717) is 17.2 Å². The number of nitrogens with one attached hydrogen (secondary N) is 1. The maximum Gasteiger partial charge on any atom is 0.244 e. The first-order chi connectivity index (χ1) is 18.2. The van der Waals surface area contributed by atoms with Crippen molar-refractivity contribution < 1.29 is 32.2 Å². The average Bonchev–Trinajstić information content (AvgIpc) is 3.38. The summed E-state index contributed by atoms with van der Waals surface area (Å²) in [5.41, 5.74) is 1.02. The van der Waals surface area contributed by atoms with E-state index in [1.807, 2.05) is 6.07 Å². The van der Waals surface area contributed by atoms with E-state index in [4.69, 9.17) is 14.2 Å². The molecule has 0 spiro atoms.